The lowest BCUT2D eigenvalue weighted by Crippen LogP contribution is -2.29. The first-order valence-electron chi connectivity index (χ1n) is 5.79. The summed E-state index contributed by atoms with van der Waals surface area (Å²) in [5, 5.41) is 6.93. The van der Waals surface area contributed by atoms with E-state index in [1.165, 1.54) is 6.20 Å². The van der Waals surface area contributed by atoms with Crippen molar-refractivity contribution in [1.82, 2.24) is 15.1 Å². The van der Waals surface area contributed by atoms with Crippen molar-refractivity contribution in [1.29, 1.82) is 0 Å². The van der Waals surface area contributed by atoms with Gasteiger partial charge in [0.05, 0.1) is 18.2 Å². The Labute approximate surface area is 99.0 Å². The highest BCUT2D eigenvalue weighted by molar-refractivity contribution is 5.07. The van der Waals surface area contributed by atoms with Gasteiger partial charge in [-0.05, 0) is 26.0 Å². The zero-order valence-corrected chi connectivity index (χ0v) is 10.1. The summed E-state index contributed by atoms with van der Waals surface area (Å²) in [5.41, 5.74) is 0.596. The molecule has 98 valence electrons. The molecule has 0 spiro atoms. The molecular formula is C11H18F3N3. The van der Waals surface area contributed by atoms with E-state index in [1.807, 2.05) is 13.8 Å². The molecule has 0 saturated heterocycles. The molecule has 1 atom stereocenters. The van der Waals surface area contributed by atoms with Gasteiger partial charge in [-0.25, -0.2) is 0 Å². The molecule has 0 aliphatic carbocycles. The van der Waals surface area contributed by atoms with Gasteiger partial charge in [0.15, 0.2) is 0 Å². The maximum absolute atomic E-state index is 12.5. The predicted octanol–water partition coefficient (Wildman–Crippen LogP) is 2.90. The first-order chi connectivity index (χ1) is 7.98. The number of nitrogens with one attached hydrogen (secondary N) is 1. The molecule has 0 saturated carbocycles. The SMILES string of the molecule is CCCNC(CC(F)(F)F)c1ccnn1CC. The standard InChI is InChI=1S/C11H18F3N3/c1-3-6-15-9(8-11(12,13)14)10-5-7-16-17(10)4-2/h5,7,9,15H,3-4,6,8H2,1-2H3. The lowest BCUT2D eigenvalue weighted by atomic mass is 10.1. The molecule has 0 fully saturated rings. The van der Waals surface area contributed by atoms with Crippen LogP contribution in [0.3, 0.4) is 0 Å². The minimum atomic E-state index is -4.17. The van der Waals surface area contributed by atoms with E-state index in [-0.39, 0.29) is 0 Å². The van der Waals surface area contributed by atoms with Crippen LogP contribution < -0.4 is 5.32 Å². The fraction of sp³-hybridized carbons (Fsp3) is 0.727. The van der Waals surface area contributed by atoms with Crippen molar-refractivity contribution in [2.45, 2.75) is 45.5 Å². The molecule has 17 heavy (non-hydrogen) atoms. The van der Waals surface area contributed by atoms with Crippen LogP contribution in [-0.2, 0) is 6.54 Å². The highest BCUT2D eigenvalue weighted by atomic mass is 19.4. The number of aryl methyl sites for hydroxylation is 1. The summed E-state index contributed by atoms with van der Waals surface area (Å²) in [7, 11) is 0. The topological polar surface area (TPSA) is 29.9 Å². The van der Waals surface area contributed by atoms with E-state index in [1.54, 1.807) is 10.7 Å². The Bertz CT molecular complexity index is 333. The van der Waals surface area contributed by atoms with Crippen molar-refractivity contribution in [3.8, 4) is 0 Å². The van der Waals surface area contributed by atoms with Crippen molar-refractivity contribution in [2.24, 2.45) is 0 Å². The van der Waals surface area contributed by atoms with Crippen molar-refractivity contribution >= 4 is 0 Å². The number of hydrogen-bond acceptors (Lipinski definition) is 2. The Hall–Kier alpha value is -1.04. The largest absolute Gasteiger partial charge is 0.390 e. The van der Waals surface area contributed by atoms with E-state index in [0.717, 1.165) is 6.42 Å². The summed E-state index contributed by atoms with van der Waals surface area (Å²) >= 11 is 0. The Morgan fingerprint density at radius 1 is 1.41 bits per heavy atom. The summed E-state index contributed by atoms with van der Waals surface area (Å²) in [4.78, 5) is 0. The highest BCUT2D eigenvalue weighted by Crippen LogP contribution is 2.29. The molecule has 0 aliphatic heterocycles. The van der Waals surface area contributed by atoms with Crippen LogP contribution in [0.1, 0.15) is 38.4 Å². The number of alkyl halides is 3. The van der Waals surface area contributed by atoms with E-state index in [9.17, 15) is 13.2 Å². The number of nitrogens with zero attached hydrogens (tertiary/aromatic N) is 2. The molecule has 0 aromatic carbocycles. The first-order valence-corrected chi connectivity index (χ1v) is 5.79. The molecule has 6 heteroatoms. The van der Waals surface area contributed by atoms with Crippen molar-refractivity contribution in [3.05, 3.63) is 18.0 Å². The van der Waals surface area contributed by atoms with E-state index in [2.05, 4.69) is 10.4 Å². The summed E-state index contributed by atoms with van der Waals surface area (Å²) in [5.74, 6) is 0. The van der Waals surface area contributed by atoms with Crippen molar-refractivity contribution < 1.29 is 13.2 Å². The Morgan fingerprint density at radius 2 is 2.12 bits per heavy atom. The van der Waals surface area contributed by atoms with Crippen LogP contribution >= 0.6 is 0 Å². The molecule has 3 nitrogen and oxygen atoms in total. The van der Waals surface area contributed by atoms with Crippen molar-refractivity contribution in [3.63, 3.8) is 0 Å². The lowest BCUT2D eigenvalue weighted by molar-refractivity contribution is -0.140. The quantitative estimate of drug-likeness (QED) is 0.840. The Kier molecular flexibility index (Phi) is 4.99. The van der Waals surface area contributed by atoms with Crippen LogP contribution in [0.2, 0.25) is 0 Å². The van der Waals surface area contributed by atoms with Gasteiger partial charge in [-0.3, -0.25) is 4.68 Å². The third kappa shape index (κ3) is 4.38. The van der Waals surface area contributed by atoms with Gasteiger partial charge < -0.3 is 5.32 Å². The second-order valence-corrected chi connectivity index (χ2v) is 3.90. The van der Waals surface area contributed by atoms with Crippen LogP contribution in [0.4, 0.5) is 13.2 Å². The molecule has 1 unspecified atom stereocenters. The molecule has 1 rings (SSSR count). The van der Waals surface area contributed by atoms with Crippen LogP contribution in [0.5, 0.6) is 0 Å². The number of rotatable bonds is 6. The number of hydrogen-bond donors (Lipinski definition) is 1. The number of aromatic nitrogens is 2. The van der Waals surface area contributed by atoms with Crippen LogP contribution in [-0.4, -0.2) is 22.5 Å². The molecule has 0 radical (unpaired) electrons. The van der Waals surface area contributed by atoms with E-state index >= 15 is 0 Å². The Morgan fingerprint density at radius 3 is 2.65 bits per heavy atom. The zero-order valence-electron chi connectivity index (χ0n) is 10.1. The second kappa shape index (κ2) is 6.05. The van der Waals surface area contributed by atoms with E-state index in [0.29, 0.717) is 18.8 Å². The molecular weight excluding hydrogens is 231 g/mol. The molecule has 1 aromatic heterocycles. The lowest BCUT2D eigenvalue weighted by Gasteiger charge is -2.21. The summed E-state index contributed by atoms with van der Waals surface area (Å²) in [6.45, 7) is 4.93. The molecule has 0 bridgehead atoms. The van der Waals surface area contributed by atoms with E-state index < -0.39 is 18.6 Å². The predicted molar refractivity (Wildman–Crippen MR) is 59.6 cm³/mol. The molecule has 1 heterocycles. The zero-order chi connectivity index (χ0) is 12.9. The summed E-state index contributed by atoms with van der Waals surface area (Å²) < 4.78 is 39.1. The average Bonchev–Trinajstić information content (AvgIpc) is 2.70. The normalized spacial score (nSPS) is 13.9. The van der Waals surface area contributed by atoms with Gasteiger partial charge in [0.1, 0.15) is 0 Å². The summed E-state index contributed by atoms with van der Waals surface area (Å²) in [6, 6.07) is 0.931. The maximum atomic E-state index is 12.5. The average molecular weight is 249 g/mol. The third-order valence-corrected chi connectivity index (χ3v) is 2.48. The monoisotopic (exact) mass is 249 g/mol. The van der Waals surface area contributed by atoms with Crippen molar-refractivity contribution in [2.75, 3.05) is 6.54 Å². The molecule has 0 amide bonds. The second-order valence-electron chi connectivity index (χ2n) is 3.90. The fourth-order valence-electron chi connectivity index (χ4n) is 1.73. The Balaban J connectivity index is 2.82. The van der Waals surface area contributed by atoms with Crippen LogP contribution in [0.15, 0.2) is 12.3 Å². The molecule has 0 aliphatic rings. The minimum Gasteiger partial charge on any atom is -0.308 e. The minimum absolute atomic E-state index is 0.565. The van der Waals surface area contributed by atoms with Gasteiger partial charge >= 0.3 is 6.18 Å². The maximum Gasteiger partial charge on any atom is 0.390 e. The number of halogens is 3. The fourth-order valence-corrected chi connectivity index (χ4v) is 1.73. The first kappa shape index (κ1) is 14.0. The molecule has 1 aromatic rings. The van der Waals surface area contributed by atoms with Gasteiger partial charge in [0.2, 0.25) is 0 Å². The van der Waals surface area contributed by atoms with Crippen LogP contribution in [0, 0.1) is 0 Å². The van der Waals surface area contributed by atoms with Gasteiger partial charge in [-0.1, -0.05) is 6.92 Å². The van der Waals surface area contributed by atoms with Gasteiger partial charge in [0, 0.05) is 12.7 Å². The smallest absolute Gasteiger partial charge is 0.308 e. The van der Waals surface area contributed by atoms with Gasteiger partial charge in [-0.2, -0.15) is 18.3 Å². The van der Waals surface area contributed by atoms with Gasteiger partial charge in [-0.15, -0.1) is 0 Å². The molecule has 1 N–H and O–H groups in total. The summed E-state index contributed by atoms with van der Waals surface area (Å²) in [6.07, 6.45) is -2.70. The third-order valence-electron chi connectivity index (χ3n) is 2.48. The van der Waals surface area contributed by atoms with E-state index in [4.69, 9.17) is 0 Å². The highest BCUT2D eigenvalue weighted by Gasteiger charge is 2.33. The van der Waals surface area contributed by atoms with Gasteiger partial charge in [0.25, 0.3) is 0 Å². The van der Waals surface area contributed by atoms with Crippen LogP contribution in [0.25, 0.3) is 0 Å².